The number of unbranched alkanes of at least 4 members (excludes halogenated alkanes) is 13. The quantitative estimate of drug-likeness (QED) is 0.255. The van der Waals surface area contributed by atoms with Gasteiger partial charge in [-0.1, -0.05) is 90.4 Å². The van der Waals surface area contributed by atoms with Crippen LogP contribution in [0.1, 0.15) is 103 Å². The summed E-state index contributed by atoms with van der Waals surface area (Å²) in [7, 11) is 0. The molecule has 2 N–H and O–H groups in total. The topological polar surface area (TPSA) is 69.9 Å². The molecule has 1 atom stereocenters. The Morgan fingerprint density at radius 2 is 1.37 bits per heavy atom. The molecule has 0 amide bonds. The van der Waals surface area contributed by atoms with Crippen LogP contribution in [0.15, 0.2) is 4.99 Å². The lowest BCUT2D eigenvalue weighted by Crippen LogP contribution is -2.54. The van der Waals surface area contributed by atoms with Crippen molar-refractivity contribution in [3.8, 4) is 0 Å². The van der Waals surface area contributed by atoms with Crippen LogP contribution >= 0.6 is 0 Å². The van der Waals surface area contributed by atoms with Gasteiger partial charge in [-0.05, 0) is 6.42 Å². The zero-order valence-corrected chi connectivity index (χ0v) is 17.6. The number of amidine groups is 1. The molecular formula is C22H43N2O3+. The first kappa shape index (κ1) is 24.1. The summed E-state index contributed by atoms with van der Waals surface area (Å²) in [5.74, 6) is 0.0263. The van der Waals surface area contributed by atoms with Crippen LogP contribution in [0.2, 0.25) is 0 Å². The molecule has 0 bridgehead atoms. The second-order valence-corrected chi connectivity index (χ2v) is 8.21. The van der Waals surface area contributed by atoms with Crippen LogP contribution in [0.5, 0.6) is 0 Å². The molecular weight excluding hydrogens is 340 g/mol. The van der Waals surface area contributed by atoms with Crippen molar-refractivity contribution < 1.29 is 19.5 Å². The maximum atomic E-state index is 11.1. The SMILES string of the molecule is CCCCCCCCCCCCCCCCC1=NCC[N+]1(CO)CC(=O)O. The van der Waals surface area contributed by atoms with Gasteiger partial charge in [0, 0.05) is 6.42 Å². The zero-order chi connectivity index (χ0) is 19.8. The third kappa shape index (κ3) is 10.2. The van der Waals surface area contributed by atoms with Crippen LogP contribution in [-0.4, -0.2) is 52.9 Å². The van der Waals surface area contributed by atoms with Crippen LogP contribution < -0.4 is 0 Å². The van der Waals surface area contributed by atoms with Crippen molar-refractivity contribution >= 4 is 11.8 Å². The number of aliphatic imine (C=N–C) groups is 1. The van der Waals surface area contributed by atoms with E-state index in [0.29, 0.717) is 13.1 Å². The van der Waals surface area contributed by atoms with E-state index in [1.807, 2.05) is 0 Å². The molecule has 5 nitrogen and oxygen atoms in total. The van der Waals surface area contributed by atoms with E-state index < -0.39 is 5.97 Å². The summed E-state index contributed by atoms with van der Waals surface area (Å²) >= 11 is 0. The lowest BCUT2D eigenvalue weighted by atomic mass is 10.0. The van der Waals surface area contributed by atoms with Gasteiger partial charge in [-0.3, -0.25) is 0 Å². The van der Waals surface area contributed by atoms with E-state index in [0.717, 1.165) is 18.7 Å². The smallest absolute Gasteiger partial charge is 0.359 e. The van der Waals surface area contributed by atoms with E-state index >= 15 is 0 Å². The molecule has 0 radical (unpaired) electrons. The number of aliphatic hydroxyl groups excluding tert-OH is 1. The first-order valence-corrected chi connectivity index (χ1v) is 11.4. The van der Waals surface area contributed by atoms with Crippen molar-refractivity contribution in [2.24, 2.45) is 4.99 Å². The fourth-order valence-corrected chi connectivity index (χ4v) is 4.07. The molecule has 0 spiro atoms. The monoisotopic (exact) mass is 383 g/mol. The Hall–Kier alpha value is -0.940. The number of carbonyl (C=O) groups is 1. The average Bonchev–Trinajstić information content (AvgIpc) is 3.04. The molecule has 27 heavy (non-hydrogen) atoms. The molecule has 0 saturated carbocycles. The minimum atomic E-state index is -0.861. The van der Waals surface area contributed by atoms with Gasteiger partial charge in [-0.15, -0.1) is 0 Å². The second kappa shape index (κ2) is 15.0. The van der Waals surface area contributed by atoms with Crippen molar-refractivity contribution in [2.45, 2.75) is 103 Å². The largest absolute Gasteiger partial charge is 0.477 e. The summed E-state index contributed by atoms with van der Waals surface area (Å²) in [4.78, 5) is 15.6. The number of hydrogen-bond donors (Lipinski definition) is 2. The maximum absolute atomic E-state index is 11.1. The van der Waals surface area contributed by atoms with Gasteiger partial charge in [0.1, 0.15) is 6.54 Å². The summed E-state index contributed by atoms with van der Waals surface area (Å²) in [6.07, 6.45) is 19.5. The predicted octanol–water partition coefficient (Wildman–Crippen LogP) is 5.12. The molecule has 0 aromatic carbocycles. The van der Waals surface area contributed by atoms with Gasteiger partial charge in [0.15, 0.2) is 13.3 Å². The molecule has 5 heteroatoms. The van der Waals surface area contributed by atoms with Gasteiger partial charge < -0.3 is 10.2 Å². The number of carboxylic acids is 1. The first-order valence-electron chi connectivity index (χ1n) is 11.4. The highest BCUT2D eigenvalue weighted by Gasteiger charge is 2.39. The summed E-state index contributed by atoms with van der Waals surface area (Å²) in [5.41, 5.74) is 0. The Morgan fingerprint density at radius 1 is 0.889 bits per heavy atom. The number of aliphatic hydroxyl groups is 1. The first-order chi connectivity index (χ1) is 13.1. The number of hydrogen-bond acceptors (Lipinski definition) is 3. The minimum absolute atomic E-state index is 0.0477. The predicted molar refractivity (Wildman–Crippen MR) is 112 cm³/mol. The van der Waals surface area contributed by atoms with Crippen molar-refractivity contribution in [2.75, 3.05) is 26.4 Å². The van der Waals surface area contributed by atoms with Crippen LogP contribution in [0, 0.1) is 0 Å². The van der Waals surface area contributed by atoms with Crippen LogP contribution in [0.25, 0.3) is 0 Å². The molecule has 158 valence electrons. The van der Waals surface area contributed by atoms with E-state index in [1.54, 1.807) is 0 Å². The summed E-state index contributed by atoms with van der Waals surface area (Å²) in [5, 5.41) is 18.8. The lowest BCUT2D eigenvalue weighted by Gasteiger charge is -2.30. The van der Waals surface area contributed by atoms with Crippen molar-refractivity contribution in [3.05, 3.63) is 0 Å². The highest BCUT2D eigenvalue weighted by atomic mass is 16.4. The molecule has 0 fully saturated rings. The number of aliphatic carboxylic acids is 1. The van der Waals surface area contributed by atoms with E-state index in [2.05, 4.69) is 11.9 Å². The molecule has 0 aromatic heterocycles. The van der Waals surface area contributed by atoms with Gasteiger partial charge in [-0.2, -0.15) is 0 Å². The van der Waals surface area contributed by atoms with Crippen LogP contribution in [-0.2, 0) is 4.79 Å². The van der Waals surface area contributed by atoms with E-state index in [4.69, 9.17) is 5.11 Å². The zero-order valence-electron chi connectivity index (χ0n) is 17.6. The van der Waals surface area contributed by atoms with E-state index in [-0.39, 0.29) is 17.8 Å². The lowest BCUT2D eigenvalue weighted by molar-refractivity contribution is -0.849. The maximum Gasteiger partial charge on any atom is 0.359 e. The fraction of sp³-hybridized carbons (Fsp3) is 0.909. The third-order valence-corrected chi connectivity index (χ3v) is 5.83. The number of quaternary nitrogens is 1. The van der Waals surface area contributed by atoms with Crippen LogP contribution in [0.4, 0.5) is 0 Å². The van der Waals surface area contributed by atoms with Gasteiger partial charge >= 0.3 is 5.97 Å². The number of carboxylic acid groups (broad SMARTS) is 1. The van der Waals surface area contributed by atoms with E-state index in [9.17, 15) is 9.90 Å². The Kier molecular flexibility index (Phi) is 13.4. The molecule has 1 rings (SSSR count). The standard InChI is InChI=1S/C22H42N2O3/c1-2-3-4-5-6-7-8-9-10-11-12-13-14-15-16-21-23-17-18-24(21,20-25)19-22(26)27/h25H,2-20H2,1H3/p+1. The molecule has 0 aliphatic carbocycles. The van der Waals surface area contributed by atoms with Crippen molar-refractivity contribution in [1.29, 1.82) is 0 Å². The Morgan fingerprint density at radius 3 is 1.81 bits per heavy atom. The Labute approximate surface area is 166 Å². The van der Waals surface area contributed by atoms with Crippen molar-refractivity contribution in [1.82, 2.24) is 0 Å². The Bertz CT molecular complexity index is 426. The molecule has 0 aromatic rings. The summed E-state index contributed by atoms with van der Waals surface area (Å²) < 4.78 is 0.147. The van der Waals surface area contributed by atoms with Crippen LogP contribution in [0.3, 0.4) is 0 Å². The minimum Gasteiger partial charge on any atom is -0.477 e. The van der Waals surface area contributed by atoms with E-state index in [1.165, 1.54) is 83.5 Å². The fourth-order valence-electron chi connectivity index (χ4n) is 4.07. The van der Waals surface area contributed by atoms with Gasteiger partial charge in [0.2, 0.25) is 5.84 Å². The molecule has 1 aliphatic heterocycles. The average molecular weight is 384 g/mol. The van der Waals surface area contributed by atoms with Crippen molar-refractivity contribution in [3.63, 3.8) is 0 Å². The highest BCUT2D eigenvalue weighted by Crippen LogP contribution is 2.20. The van der Waals surface area contributed by atoms with Gasteiger partial charge in [-0.25, -0.2) is 14.3 Å². The van der Waals surface area contributed by atoms with Gasteiger partial charge in [0.25, 0.3) is 0 Å². The summed E-state index contributed by atoms with van der Waals surface area (Å²) in [6.45, 7) is 3.33. The number of nitrogens with zero attached hydrogens (tertiary/aromatic N) is 2. The molecule has 1 aliphatic rings. The second-order valence-electron chi connectivity index (χ2n) is 8.21. The number of rotatable bonds is 18. The molecule has 0 saturated heterocycles. The van der Waals surface area contributed by atoms with Gasteiger partial charge in [0.05, 0.1) is 6.54 Å². The summed E-state index contributed by atoms with van der Waals surface area (Å²) in [6, 6.07) is 0. The third-order valence-electron chi connectivity index (χ3n) is 5.83. The highest BCUT2D eigenvalue weighted by molar-refractivity contribution is 5.79. The molecule has 1 unspecified atom stereocenters. The Balaban J connectivity index is 1.96. The molecule has 1 heterocycles. The normalized spacial score (nSPS) is 19.4.